The molecule has 2 aromatic heterocycles. The van der Waals surface area contributed by atoms with E-state index in [9.17, 15) is 10.1 Å². The van der Waals surface area contributed by atoms with Crippen molar-refractivity contribution in [3.05, 3.63) is 40.6 Å². The van der Waals surface area contributed by atoms with Gasteiger partial charge >= 0.3 is 0 Å². The van der Waals surface area contributed by atoms with Gasteiger partial charge in [-0.3, -0.25) is 10.1 Å². The van der Waals surface area contributed by atoms with Gasteiger partial charge in [-0.25, -0.2) is 9.50 Å². The van der Waals surface area contributed by atoms with Gasteiger partial charge in [0.15, 0.2) is 0 Å². The summed E-state index contributed by atoms with van der Waals surface area (Å²) in [7, 11) is 1.54. The molecule has 0 aliphatic rings. The van der Waals surface area contributed by atoms with Crippen LogP contribution < -0.4 is 4.74 Å². The monoisotopic (exact) mass is 306 g/mol. The summed E-state index contributed by atoms with van der Waals surface area (Å²) in [5, 5.41) is 15.4. The number of hydrogen-bond acceptors (Lipinski definition) is 6. The van der Waals surface area contributed by atoms with E-state index in [4.69, 9.17) is 4.74 Å². The van der Waals surface area contributed by atoms with Crippen LogP contribution in [-0.4, -0.2) is 26.6 Å². The first-order valence-corrected chi connectivity index (χ1v) is 7.14. The number of ether oxygens (including phenoxy) is 1. The van der Waals surface area contributed by atoms with Crippen molar-refractivity contribution in [3.8, 4) is 16.5 Å². The van der Waals surface area contributed by atoms with Crippen molar-refractivity contribution < 1.29 is 9.66 Å². The molecule has 3 aromatic rings. The largest absolute Gasteiger partial charge is 0.472 e. The van der Waals surface area contributed by atoms with E-state index in [-0.39, 0.29) is 5.69 Å². The maximum atomic E-state index is 10.7. The standard InChI is InChI=1S/C11H8N4O3S.C2H6/c1-18-11-13-14-6-9(12-10(14)19-11)7-3-2-4-8(5-7)15(16)17;1-2/h2-6H,1H3;1-2H3. The van der Waals surface area contributed by atoms with Crippen LogP contribution in [0.1, 0.15) is 13.8 Å². The molecular formula is C13H14N4O3S. The minimum absolute atomic E-state index is 0.0411. The van der Waals surface area contributed by atoms with Crippen molar-refractivity contribution in [2.24, 2.45) is 0 Å². The Labute approximate surface area is 125 Å². The molecular weight excluding hydrogens is 292 g/mol. The minimum Gasteiger partial charge on any atom is -0.472 e. The number of benzene rings is 1. The first-order valence-electron chi connectivity index (χ1n) is 6.32. The Bertz CT molecular complexity index is 734. The highest BCUT2D eigenvalue weighted by atomic mass is 32.1. The molecule has 0 bridgehead atoms. The molecule has 0 spiro atoms. The second-order valence-electron chi connectivity index (χ2n) is 3.73. The molecule has 3 rings (SSSR count). The molecule has 0 fully saturated rings. The van der Waals surface area contributed by atoms with Crippen LogP contribution in [0.2, 0.25) is 0 Å². The van der Waals surface area contributed by atoms with E-state index in [1.807, 2.05) is 13.8 Å². The minimum atomic E-state index is -0.427. The summed E-state index contributed by atoms with van der Waals surface area (Å²) in [6.45, 7) is 4.00. The third-order valence-electron chi connectivity index (χ3n) is 2.55. The Morgan fingerprint density at radius 2 is 2.14 bits per heavy atom. The maximum absolute atomic E-state index is 10.7. The van der Waals surface area contributed by atoms with Crippen LogP contribution in [0.15, 0.2) is 30.5 Å². The summed E-state index contributed by atoms with van der Waals surface area (Å²) < 4.78 is 6.61. The highest BCUT2D eigenvalue weighted by molar-refractivity contribution is 7.18. The molecule has 2 heterocycles. The van der Waals surface area contributed by atoms with Gasteiger partial charge in [0.1, 0.15) is 0 Å². The third-order valence-corrected chi connectivity index (χ3v) is 3.44. The lowest BCUT2D eigenvalue weighted by molar-refractivity contribution is -0.384. The zero-order chi connectivity index (χ0) is 15.4. The number of nitro benzene ring substituents is 1. The Morgan fingerprint density at radius 3 is 2.76 bits per heavy atom. The second-order valence-corrected chi connectivity index (χ2v) is 4.65. The Kier molecular flexibility index (Phi) is 4.49. The number of imidazole rings is 1. The first kappa shape index (κ1) is 14.9. The molecule has 0 saturated carbocycles. The van der Waals surface area contributed by atoms with Crippen LogP contribution in [0.25, 0.3) is 16.2 Å². The number of methoxy groups -OCH3 is 1. The van der Waals surface area contributed by atoms with E-state index in [1.54, 1.807) is 30.0 Å². The lowest BCUT2D eigenvalue weighted by atomic mass is 10.1. The van der Waals surface area contributed by atoms with Gasteiger partial charge in [-0.2, -0.15) is 0 Å². The SMILES string of the molecule is CC.COc1nn2cc(-c3cccc([N+](=O)[O-])c3)nc2s1. The number of non-ortho nitro benzene ring substituents is 1. The summed E-state index contributed by atoms with van der Waals surface area (Å²) in [5.41, 5.74) is 1.37. The molecule has 0 aliphatic carbocycles. The smallest absolute Gasteiger partial charge is 0.294 e. The van der Waals surface area contributed by atoms with Gasteiger partial charge in [-0.1, -0.05) is 26.0 Å². The lowest BCUT2D eigenvalue weighted by Gasteiger charge is -1.96. The predicted octanol–water partition coefficient (Wildman–Crippen LogP) is 3.40. The van der Waals surface area contributed by atoms with Crippen molar-refractivity contribution >= 4 is 22.0 Å². The first-order chi connectivity index (χ1) is 10.2. The van der Waals surface area contributed by atoms with Crippen molar-refractivity contribution in [1.29, 1.82) is 0 Å². The summed E-state index contributed by atoms with van der Waals surface area (Å²) >= 11 is 1.31. The summed E-state index contributed by atoms with van der Waals surface area (Å²) in [5.74, 6) is 0. The number of nitrogens with zero attached hydrogens (tertiary/aromatic N) is 4. The fourth-order valence-corrected chi connectivity index (χ4v) is 2.38. The van der Waals surface area contributed by atoms with Gasteiger partial charge in [-0.15, -0.1) is 5.10 Å². The van der Waals surface area contributed by atoms with Crippen LogP contribution in [0.3, 0.4) is 0 Å². The van der Waals surface area contributed by atoms with Crippen LogP contribution in [0.4, 0.5) is 5.69 Å². The van der Waals surface area contributed by atoms with Crippen LogP contribution in [0, 0.1) is 10.1 Å². The van der Waals surface area contributed by atoms with Gasteiger partial charge in [0.05, 0.1) is 23.9 Å². The van der Waals surface area contributed by atoms with E-state index >= 15 is 0 Å². The zero-order valence-electron chi connectivity index (χ0n) is 11.8. The van der Waals surface area contributed by atoms with E-state index < -0.39 is 4.92 Å². The van der Waals surface area contributed by atoms with Crippen molar-refractivity contribution in [2.45, 2.75) is 13.8 Å². The molecule has 110 valence electrons. The topological polar surface area (TPSA) is 82.6 Å². The van der Waals surface area contributed by atoms with E-state index in [1.165, 1.54) is 23.5 Å². The highest BCUT2D eigenvalue weighted by Crippen LogP contribution is 2.27. The van der Waals surface area contributed by atoms with Gasteiger partial charge in [0, 0.05) is 17.7 Å². The molecule has 0 radical (unpaired) electrons. The van der Waals surface area contributed by atoms with E-state index in [0.29, 0.717) is 21.4 Å². The average molecular weight is 306 g/mol. The van der Waals surface area contributed by atoms with E-state index in [0.717, 1.165) is 0 Å². The fourth-order valence-electron chi connectivity index (χ4n) is 1.68. The molecule has 0 unspecified atom stereocenters. The molecule has 7 nitrogen and oxygen atoms in total. The average Bonchev–Trinajstić information content (AvgIpc) is 3.07. The molecule has 8 heteroatoms. The zero-order valence-corrected chi connectivity index (χ0v) is 12.6. The molecule has 0 amide bonds. The van der Waals surface area contributed by atoms with Gasteiger partial charge in [0.25, 0.3) is 10.9 Å². The Morgan fingerprint density at radius 1 is 1.38 bits per heavy atom. The van der Waals surface area contributed by atoms with Gasteiger partial charge in [-0.05, 0) is 11.3 Å². The molecule has 0 aliphatic heterocycles. The number of fused-ring (bicyclic) bond motifs is 1. The third kappa shape index (κ3) is 3.00. The maximum Gasteiger partial charge on any atom is 0.294 e. The summed E-state index contributed by atoms with van der Waals surface area (Å²) in [6, 6.07) is 6.35. The molecule has 0 saturated heterocycles. The number of rotatable bonds is 3. The van der Waals surface area contributed by atoms with Crippen LogP contribution >= 0.6 is 11.3 Å². The van der Waals surface area contributed by atoms with Gasteiger partial charge in [0.2, 0.25) is 4.96 Å². The molecule has 21 heavy (non-hydrogen) atoms. The van der Waals surface area contributed by atoms with E-state index in [2.05, 4.69) is 10.1 Å². The Balaban J connectivity index is 0.000000774. The Hall–Kier alpha value is -2.48. The van der Waals surface area contributed by atoms with Crippen molar-refractivity contribution in [1.82, 2.24) is 14.6 Å². The highest BCUT2D eigenvalue weighted by Gasteiger charge is 2.12. The van der Waals surface area contributed by atoms with Crippen LogP contribution in [-0.2, 0) is 0 Å². The number of aromatic nitrogens is 3. The predicted molar refractivity (Wildman–Crippen MR) is 80.9 cm³/mol. The molecule has 0 atom stereocenters. The lowest BCUT2D eigenvalue weighted by Crippen LogP contribution is -1.88. The summed E-state index contributed by atoms with van der Waals surface area (Å²) in [4.78, 5) is 15.4. The molecule has 1 aromatic carbocycles. The number of hydrogen-bond donors (Lipinski definition) is 0. The van der Waals surface area contributed by atoms with Crippen molar-refractivity contribution in [3.63, 3.8) is 0 Å². The van der Waals surface area contributed by atoms with Crippen LogP contribution in [0.5, 0.6) is 5.19 Å². The quantitative estimate of drug-likeness (QED) is 0.547. The second kappa shape index (κ2) is 6.31. The summed E-state index contributed by atoms with van der Waals surface area (Å²) in [6.07, 6.45) is 1.72. The fraction of sp³-hybridized carbons (Fsp3) is 0.231. The van der Waals surface area contributed by atoms with Gasteiger partial charge < -0.3 is 4.74 Å². The normalized spacial score (nSPS) is 10.0. The number of nitro groups is 1. The molecule has 0 N–H and O–H groups in total. The van der Waals surface area contributed by atoms with Crippen molar-refractivity contribution in [2.75, 3.05) is 7.11 Å².